The lowest BCUT2D eigenvalue weighted by Gasteiger charge is -2.36. The molecule has 1 aliphatic heterocycles. The summed E-state index contributed by atoms with van der Waals surface area (Å²) < 4.78 is 0. The molecule has 0 bridgehead atoms. The van der Waals surface area contributed by atoms with Gasteiger partial charge in [-0.05, 0) is 37.9 Å². The lowest BCUT2D eigenvalue weighted by molar-refractivity contribution is 0.0928. The Hall–Kier alpha value is -1.61. The van der Waals surface area contributed by atoms with E-state index in [1.54, 1.807) is 0 Å². The maximum absolute atomic E-state index is 4.41. The van der Waals surface area contributed by atoms with Gasteiger partial charge in [0, 0.05) is 30.4 Å². The van der Waals surface area contributed by atoms with Crippen LogP contribution >= 0.6 is 0 Å². The summed E-state index contributed by atoms with van der Waals surface area (Å²) in [6.45, 7) is 8.04. The maximum atomic E-state index is 4.41. The first-order valence-electron chi connectivity index (χ1n) is 7.49. The SMILES string of the molecule is CCCN1C(Cc2ncc[nH]2)c2ccccc2C1(C)C. The summed E-state index contributed by atoms with van der Waals surface area (Å²) in [5, 5.41) is 0. The second-order valence-corrected chi connectivity index (χ2v) is 6.10. The Balaban J connectivity index is 2.01. The fourth-order valence-corrected chi connectivity index (χ4v) is 3.55. The van der Waals surface area contributed by atoms with E-state index in [1.807, 2.05) is 12.4 Å². The van der Waals surface area contributed by atoms with Crippen molar-refractivity contribution in [2.75, 3.05) is 6.54 Å². The average molecular weight is 269 g/mol. The fraction of sp³-hybridized carbons (Fsp3) is 0.471. The molecule has 20 heavy (non-hydrogen) atoms. The highest BCUT2D eigenvalue weighted by Gasteiger charge is 2.43. The van der Waals surface area contributed by atoms with Crippen molar-refractivity contribution in [1.82, 2.24) is 14.9 Å². The number of rotatable bonds is 4. The summed E-state index contributed by atoms with van der Waals surface area (Å²) in [6, 6.07) is 9.28. The van der Waals surface area contributed by atoms with Crippen LogP contribution in [0.15, 0.2) is 36.7 Å². The van der Waals surface area contributed by atoms with Crippen molar-refractivity contribution in [2.24, 2.45) is 0 Å². The van der Waals surface area contributed by atoms with Gasteiger partial charge >= 0.3 is 0 Å². The summed E-state index contributed by atoms with van der Waals surface area (Å²) in [5.41, 5.74) is 3.02. The largest absolute Gasteiger partial charge is 0.349 e. The predicted molar refractivity (Wildman–Crippen MR) is 81.5 cm³/mol. The van der Waals surface area contributed by atoms with Crippen LogP contribution in [0.25, 0.3) is 0 Å². The van der Waals surface area contributed by atoms with E-state index in [2.05, 4.69) is 59.9 Å². The predicted octanol–water partition coefficient (Wildman–Crippen LogP) is 3.65. The molecule has 0 spiro atoms. The zero-order valence-electron chi connectivity index (χ0n) is 12.6. The summed E-state index contributed by atoms with van der Waals surface area (Å²) in [6.07, 6.45) is 5.87. The highest BCUT2D eigenvalue weighted by Crippen LogP contribution is 2.46. The smallest absolute Gasteiger partial charge is 0.107 e. The normalized spacial score (nSPS) is 21.1. The third-order valence-electron chi connectivity index (χ3n) is 4.48. The van der Waals surface area contributed by atoms with Gasteiger partial charge in [-0.3, -0.25) is 4.90 Å². The number of fused-ring (bicyclic) bond motifs is 1. The van der Waals surface area contributed by atoms with Gasteiger partial charge in [0.15, 0.2) is 0 Å². The van der Waals surface area contributed by atoms with Gasteiger partial charge in [0.25, 0.3) is 0 Å². The van der Waals surface area contributed by atoms with Gasteiger partial charge in [-0.2, -0.15) is 0 Å². The minimum Gasteiger partial charge on any atom is -0.349 e. The Kier molecular flexibility index (Phi) is 3.38. The van der Waals surface area contributed by atoms with Crippen LogP contribution < -0.4 is 0 Å². The highest BCUT2D eigenvalue weighted by molar-refractivity contribution is 5.40. The molecule has 0 amide bonds. The lowest BCUT2D eigenvalue weighted by Crippen LogP contribution is -2.39. The van der Waals surface area contributed by atoms with Crippen LogP contribution in [0, 0.1) is 0 Å². The Labute approximate surface area is 121 Å². The van der Waals surface area contributed by atoms with Gasteiger partial charge < -0.3 is 4.98 Å². The molecule has 2 aromatic rings. The van der Waals surface area contributed by atoms with E-state index in [-0.39, 0.29) is 5.54 Å². The number of nitrogens with one attached hydrogen (secondary N) is 1. The van der Waals surface area contributed by atoms with E-state index in [4.69, 9.17) is 0 Å². The van der Waals surface area contributed by atoms with Crippen molar-refractivity contribution < 1.29 is 0 Å². The van der Waals surface area contributed by atoms with E-state index in [9.17, 15) is 0 Å². The van der Waals surface area contributed by atoms with Crippen molar-refractivity contribution in [1.29, 1.82) is 0 Å². The number of hydrogen-bond acceptors (Lipinski definition) is 2. The molecule has 1 aromatic carbocycles. The first-order chi connectivity index (χ1) is 9.64. The topological polar surface area (TPSA) is 31.9 Å². The van der Waals surface area contributed by atoms with E-state index >= 15 is 0 Å². The quantitative estimate of drug-likeness (QED) is 0.918. The van der Waals surface area contributed by atoms with Gasteiger partial charge in [-0.1, -0.05) is 31.2 Å². The van der Waals surface area contributed by atoms with Crippen molar-refractivity contribution in [3.8, 4) is 0 Å². The summed E-state index contributed by atoms with van der Waals surface area (Å²) in [5.74, 6) is 1.07. The van der Waals surface area contributed by atoms with Gasteiger partial charge in [-0.25, -0.2) is 4.98 Å². The van der Waals surface area contributed by atoms with Crippen LogP contribution in [0.3, 0.4) is 0 Å². The van der Waals surface area contributed by atoms with Crippen LogP contribution in [-0.2, 0) is 12.0 Å². The minimum atomic E-state index is 0.101. The molecule has 0 saturated carbocycles. The Morgan fingerprint density at radius 1 is 1.30 bits per heavy atom. The molecule has 1 aliphatic rings. The van der Waals surface area contributed by atoms with Crippen molar-refractivity contribution in [2.45, 2.75) is 45.2 Å². The van der Waals surface area contributed by atoms with Gasteiger partial charge in [0.2, 0.25) is 0 Å². The summed E-state index contributed by atoms with van der Waals surface area (Å²) in [4.78, 5) is 10.3. The van der Waals surface area contributed by atoms with Crippen molar-refractivity contribution >= 4 is 0 Å². The third-order valence-corrected chi connectivity index (χ3v) is 4.48. The summed E-state index contributed by atoms with van der Waals surface area (Å²) in [7, 11) is 0. The molecule has 3 heteroatoms. The minimum absolute atomic E-state index is 0.101. The second-order valence-electron chi connectivity index (χ2n) is 6.10. The van der Waals surface area contributed by atoms with E-state index in [0.29, 0.717) is 6.04 Å². The van der Waals surface area contributed by atoms with Crippen LogP contribution in [0.2, 0.25) is 0 Å². The van der Waals surface area contributed by atoms with Crippen LogP contribution in [0.4, 0.5) is 0 Å². The van der Waals surface area contributed by atoms with E-state index < -0.39 is 0 Å². The number of aromatic nitrogens is 2. The van der Waals surface area contributed by atoms with E-state index in [1.165, 1.54) is 17.5 Å². The summed E-state index contributed by atoms with van der Waals surface area (Å²) >= 11 is 0. The third kappa shape index (κ3) is 2.06. The zero-order valence-corrected chi connectivity index (χ0v) is 12.6. The molecule has 106 valence electrons. The number of H-pyrrole nitrogens is 1. The molecule has 0 fully saturated rings. The van der Waals surface area contributed by atoms with Crippen LogP contribution in [0.5, 0.6) is 0 Å². The molecule has 3 rings (SSSR count). The van der Waals surface area contributed by atoms with Gasteiger partial charge in [0.1, 0.15) is 5.82 Å². The number of benzene rings is 1. The standard InChI is InChI=1S/C17H23N3/c1-4-11-20-15(12-16-18-9-10-19-16)13-7-5-6-8-14(13)17(20,2)3/h5-10,15H,4,11-12H2,1-3H3,(H,18,19). The highest BCUT2D eigenvalue weighted by atomic mass is 15.2. The fourth-order valence-electron chi connectivity index (χ4n) is 3.55. The second kappa shape index (κ2) is 5.06. The molecular weight excluding hydrogens is 246 g/mol. The Morgan fingerprint density at radius 2 is 2.10 bits per heavy atom. The molecule has 1 aromatic heterocycles. The van der Waals surface area contributed by atoms with Crippen molar-refractivity contribution in [3.63, 3.8) is 0 Å². The van der Waals surface area contributed by atoms with Crippen molar-refractivity contribution in [3.05, 3.63) is 53.6 Å². The average Bonchev–Trinajstić information content (AvgIpc) is 3.01. The van der Waals surface area contributed by atoms with Gasteiger partial charge in [0.05, 0.1) is 0 Å². The zero-order chi connectivity index (χ0) is 14.2. The molecule has 0 aliphatic carbocycles. The van der Waals surface area contributed by atoms with Gasteiger partial charge in [-0.15, -0.1) is 0 Å². The molecule has 1 unspecified atom stereocenters. The van der Waals surface area contributed by atoms with E-state index in [0.717, 1.165) is 18.8 Å². The molecule has 0 radical (unpaired) electrons. The first kappa shape index (κ1) is 13.4. The monoisotopic (exact) mass is 269 g/mol. The number of hydrogen-bond donors (Lipinski definition) is 1. The van der Waals surface area contributed by atoms with Crippen LogP contribution in [-0.4, -0.2) is 21.4 Å². The molecule has 1 N–H and O–H groups in total. The molecule has 3 nitrogen and oxygen atoms in total. The number of imidazole rings is 1. The molecule has 2 heterocycles. The molecule has 1 atom stereocenters. The lowest BCUT2D eigenvalue weighted by atomic mass is 9.93. The molecule has 0 saturated heterocycles. The Bertz CT molecular complexity index is 572. The number of aromatic amines is 1. The molecular formula is C17H23N3. The van der Waals surface area contributed by atoms with Crippen LogP contribution in [0.1, 0.15) is 50.2 Å². The Morgan fingerprint density at radius 3 is 2.80 bits per heavy atom. The first-order valence-corrected chi connectivity index (χ1v) is 7.49. The maximum Gasteiger partial charge on any atom is 0.107 e. The number of nitrogens with zero attached hydrogens (tertiary/aromatic N) is 2.